The molecule has 0 aliphatic rings. The summed E-state index contributed by atoms with van der Waals surface area (Å²) in [6.07, 6.45) is 0. The van der Waals surface area contributed by atoms with E-state index in [1.807, 2.05) is 29.7 Å². The number of imidazole rings is 1. The Hall–Kier alpha value is -1.10. The highest BCUT2D eigenvalue weighted by atomic mass is 79.9. The zero-order valence-electron chi connectivity index (χ0n) is 10.9. The number of hydrogen-bond donors (Lipinski definition) is 0. The van der Waals surface area contributed by atoms with Gasteiger partial charge < -0.3 is 0 Å². The van der Waals surface area contributed by atoms with Crippen LogP contribution < -0.4 is 0 Å². The fourth-order valence-electron chi connectivity index (χ4n) is 2.25. The van der Waals surface area contributed by atoms with Gasteiger partial charge in [-0.2, -0.15) is 0 Å². The van der Waals surface area contributed by atoms with Crippen LogP contribution in [0.5, 0.6) is 0 Å². The molecule has 0 amide bonds. The van der Waals surface area contributed by atoms with E-state index in [0.717, 1.165) is 10.2 Å². The van der Waals surface area contributed by atoms with Crippen LogP contribution in [-0.4, -0.2) is 9.55 Å². The molecule has 3 aromatic rings. The van der Waals surface area contributed by atoms with E-state index < -0.39 is 0 Å². The lowest BCUT2D eigenvalue weighted by atomic mass is 10.2. The molecule has 0 aliphatic carbocycles. The van der Waals surface area contributed by atoms with E-state index in [0.29, 0.717) is 21.9 Å². The second-order valence-corrected chi connectivity index (χ2v) is 6.54. The minimum atomic E-state index is -0.363. The van der Waals surface area contributed by atoms with E-state index in [1.54, 1.807) is 12.1 Å². The van der Waals surface area contributed by atoms with Crippen molar-refractivity contribution >= 4 is 50.2 Å². The summed E-state index contributed by atoms with van der Waals surface area (Å²) in [5.74, 6) is 0.226. The summed E-state index contributed by atoms with van der Waals surface area (Å²) >= 11 is 15.6. The highest BCUT2D eigenvalue weighted by molar-refractivity contribution is 9.10. The zero-order chi connectivity index (χ0) is 15.1. The summed E-state index contributed by atoms with van der Waals surface area (Å²) in [4.78, 5) is 4.35. The molecule has 2 aromatic carbocycles. The van der Waals surface area contributed by atoms with Gasteiger partial charge in [0.05, 0.1) is 15.9 Å². The molecule has 1 atom stereocenters. The van der Waals surface area contributed by atoms with Crippen molar-refractivity contribution in [3.8, 4) is 5.69 Å². The molecule has 1 unspecified atom stereocenters. The number of rotatable bonds is 2. The molecule has 0 saturated carbocycles. The number of aromatic nitrogens is 2. The van der Waals surface area contributed by atoms with Gasteiger partial charge in [-0.25, -0.2) is 9.37 Å². The van der Waals surface area contributed by atoms with Crippen LogP contribution in [0.2, 0.25) is 5.02 Å². The Labute approximate surface area is 139 Å². The average Bonchev–Trinajstić information content (AvgIpc) is 2.83. The number of hydrogen-bond acceptors (Lipinski definition) is 1. The highest BCUT2D eigenvalue weighted by Gasteiger charge is 2.18. The zero-order valence-corrected chi connectivity index (χ0v) is 14.0. The predicted octanol–water partition coefficient (Wildman–Crippen LogP) is 5.88. The molecule has 3 rings (SSSR count). The number of para-hydroxylation sites is 1. The molecule has 2 nitrogen and oxygen atoms in total. The fourth-order valence-corrected chi connectivity index (χ4v) is 2.88. The lowest BCUT2D eigenvalue weighted by molar-refractivity contribution is 0.637. The average molecular weight is 388 g/mol. The van der Waals surface area contributed by atoms with E-state index in [4.69, 9.17) is 23.2 Å². The van der Waals surface area contributed by atoms with Crippen molar-refractivity contribution in [1.29, 1.82) is 0 Å². The minimum Gasteiger partial charge on any atom is -0.295 e. The summed E-state index contributed by atoms with van der Waals surface area (Å²) in [6, 6.07) is 10.3. The number of halogens is 4. The Kier molecular flexibility index (Phi) is 3.95. The Morgan fingerprint density at radius 1 is 1.29 bits per heavy atom. The van der Waals surface area contributed by atoms with Crippen LogP contribution in [0.25, 0.3) is 16.7 Å². The van der Waals surface area contributed by atoms with Crippen LogP contribution in [0, 0.1) is 5.82 Å². The first-order valence-electron chi connectivity index (χ1n) is 6.25. The maximum Gasteiger partial charge on any atom is 0.151 e. The molecule has 0 N–H and O–H groups in total. The highest BCUT2D eigenvalue weighted by Crippen LogP contribution is 2.32. The SMILES string of the molecule is CC(Cl)c1nc2c(F)cccc2n1-c1ccc(Cl)c(Br)c1. The largest absolute Gasteiger partial charge is 0.295 e. The Bertz CT molecular complexity index is 830. The van der Waals surface area contributed by atoms with E-state index >= 15 is 0 Å². The maximum absolute atomic E-state index is 14.0. The van der Waals surface area contributed by atoms with Gasteiger partial charge in [-0.3, -0.25) is 4.57 Å². The first-order valence-corrected chi connectivity index (χ1v) is 7.86. The Morgan fingerprint density at radius 2 is 2.05 bits per heavy atom. The summed E-state index contributed by atoms with van der Waals surface area (Å²) in [6.45, 7) is 1.81. The van der Waals surface area contributed by atoms with Gasteiger partial charge in [0.15, 0.2) is 5.82 Å². The van der Waals surface area contributed by atoms with Crippen LogP contribution in [0.1, 0.15) is 18.1 Å². The number of nitrogens with zero attached hydrogens (tertiary/aromatic N) is 2. The Balaban J connectivity index is 2.36. The first-order chi connectivity index (χ1) is 9.99. The quantitative estimate of drug-likeness (QED) is 0.502. The van der Waals surface area contributed by atoms with E-state index in [9.17, 15) is 4.39 Å². The molecule has 0 bridgehead atoms. The van der Waals surface area contributed by atoms with Crippen molar-refractivity contribution in [3.63, 3.8) is 0 Å². The standard InChI is InChI=1S/C15H10BrCl2FN2/c1-8(17)15-20-14-12(19)3-2-4-13(14)21(15)9-5-6-11(18)10(16)7-9/h2-8H,1H3. The molecule has 0 aliphatic heterocycles. The van der Waals surface area contributed by atoms with Crippen molar-refractivity contribution in [1.82, 2.24) is 9.55 Å². The second kappa shape index (κ2) is 5.59. The number of benzene rings is 2. The van der Waals surface area contributed by atoms with E-state index in [1.165, 1.54) is 6.07 Å². The fraction of sp³-hybridized carbons (Fsp3) is 0.133. The van der Waals surface area contributed by atoms with Gasteiger partial charge in [0.1, 0.15) is 11.3 Å². The van der Waals surface area contributed by atoms with Crippen LogP contribution in [-0.2, 0) is 0 Å². The normalized spacial score (nSPS) is 12.8. The minimum absolute atomic E-state index is 0.311. The number of fused-ring (bicyclic) bond motifs is 1. The molecule has 108 valence electrons. The summed E-state index contributed by atoms with van der Waals surface area (Å²) in [7, 11) is 0. The van der Waals surface area contributed by atoms with Gasteiger partial charge in [0.25, 0.3) is 0 Å². The van der Waals surface area contributed by atoms with Crippen LogP contribution in [0.4, 0.5) is 4.39 Å². The molecule has 0 radical (unpaired) electrons. The third-order valence-electron chi connectivity index (χ3n) is 3.18. The van der Waals surface area contributed by atoms with Crippen LogP contribution in [0.3, 0.4) is 0 Å². The molecule has 1 heterocycles. The molecule has 0 saturated heterocycles. The molecule has 0 fully saturated rings. The summed E-state index contributed by atoms with van der Waals surface area (Å²) in [5, 5.41) is 0.251. The van der Waals surface area contributed by atoms with Gasteiger partial charge in [-0.05, 0) is 53.2 Å². The molecule has 6 heteroatoms. The first kappa shape index (κ1) is 14.8. The van der Waals surface area contributed by atoms with E-state index in [-0.39, 0.29) is 11.2 Å². The molecule has 1 aromatic heterocycles. The van der Waals surface area contributed by atoms with Crippen LogP contribution >= 0.6 is 39.1 Å². The van der Waals surface area contributed by atoms with Gasteiger partial charge in [0.2, 0.25) is 0 Å². The number of alkyl halides is 1. The molecular weight excluding hydrogens is 378 g/mol. The lowest BCUT2D eigenvalue weighted by Gasteiger charge is -2.11. The lowest BCUT2D eigenvalue weighted by Crippen LogP contribution is -2.01. The van der Waals surface area contributed by atoms with Gasteiger partial charge in [-0.15, -0.1) is 11.6 Å². The van der Waals surface area contributed by atoms with Crippen molar-refractivity contribution in [2.24, 2.45) is 0 Å². The summed E-state index contributed by atoms with van der Waals surface area (Å²) in [5.41, 5.74) is 1.81. The van der Waals surface area contributed by atoms with Gasteiger partial charge >= 0.3 is 0 Å². The predicted molar refractivity (Wildman–Crippen MR) is 88.0 cm³/mol. The van der Waals surface area contributed by atoms with Crippen molar-refractivity contribution in [3.05, 3.63) is 57.5 Å². The summed E-state index contributed by atoms with van der Waals surface area (Å²) < 4.78 is 16.6. The second-order valence-electron chi connectivity index (χ2n) is 4.63. The topological polar surface area (TPSA) is 17.8 Å². The molecular formula is C15H10BrCl2FN2. The van der Waals surface area contributed by atoms with Crippen molar-refractivity contribution in [2.45, 2.75) is 12.3 Å². The molecule has 21 heavy (non-hydrogen) atoms. The Morgan fingerprint density at radius 3 is 2.71 bits per heavy atom. The maximum atomic E-state index is 14.0. The van der Waals surface area contributed by atoms with Crippen molar-refractivity contribution < 1.29 is 4.39 Å². The van der Waals surface area contributed by atoms with Crippen LogP contribution in [0.15, 0.2) is 40.9 Å². The smallest absolute Gasteiger partial charge is 0.151 e. The van der Waals surface area contributed by atoms with E-state index in [2.05, 4.69) is 20.9 Å². The third-order valence-corrected chi connectivity index (χ3v) is 4.59. The van der Waals surface area contributed by atoms with Crippen molar-refractivity contribution in [2.75, 3.05) is 0 Å². The third kappa shape index (κ3) is 2.56. The molecule has 0 spiro atoms. The monoisotopic (exact) mass is 386 g/mol. The van der Waals surface area contributed by atoms with Gasteiger partial charge in [0, 0.05) is 10.2 Å². The van der Waals surface area contributed by atoms with Gasteiger partial charge in [-0.1, -0.05) is 17.7 Å².